The van der Waals surface area contributed by atoms with Gasteiger partial charge < -0.3 is 19.0 Å². The third-order valence-corrected chi connectivity index (χ3v) is 14.6. The Labute approximate surface area is 400 Å². The average molecular weight is 885 g/mol. The van der Waals surface area contributed by atoms with E-state index in [1.54, 1.807) is 0 Å². The zero-order valence-electron chi connectivity index (χ0n) is 38.2. The molecule has 0 spiro atoms. The summed E-state index contributed by atoms with van der Waals surface area (Å²) in [5.74, 6) is 1.65. The highest BCUT2D eigenvalue weighted by Gasteiger charge is 2.36. The van der Waals surface area contributed by atoms with Gasteiger partial charge in [-0.15, -0.1) is 0 Å². The lowest BCUT2D eigenvalue weighted by Crippen LogP contribution is -2.16. The summed E-state index contributed by atoms with van der Waals surface area (Å²) >= 11 is 0. The van der Waals surface area contributed by atoms with E-state index in [2.05, 4.69) is 242 Å². The van der Waals surface area contributed by atoms with E-state index >= 15 is 0 Å². The van der Waals surface area contributed by atoms with Crippen molar-refractivity contribution < 1.29 is 9.15 Å². The molecule has 4 heteroatoms. The lowest BCUT2D eigenvalue weighted by atomic mass is 9.82. The number of benzene rings is 11. The van der Waals surface area contributed by atoms with Crippen molar-refractivity contribution in [1.82, 2.24) is 0 Å². The van der Waals surface area contributed by atoms with E-state index in [4.69, 9.17) is 9.15 Å². The monoisotopic (exact) mass is 884 g/mol. The van der Waals surface area contributed by atoms with Crippen LogP contribution in [0.15, 0.2) is 235 Å². The van der Waals surface area contributed by atoms with Crippen LogP contribution in [0.4, 0.5) is 34.1 Å². The Balaban J connectivity index is 0.917. The topological polar surface area (TPSA) is 28.9 Å². The SMILES string of the molecule is CC1(C)c2ccccc2-c2ccc(N(c3ccccc3)c3ccc4cc5c6c(cccc6c4c3)Oc3cc(N(c4ccccc4-c4ccccc4)c4cccc6c4oc4ccccc46)ccc3-5)cc21. The standard InChI is InChI=1S/C65H44N2O2/c1-65(2)56-26-12-9-22-48(56)49-35-33-45(39-57(49)65)66(43-19-7-4-8-20-43)44-32-31-42-37-55-51-36-34-46(40-62(51)68-61-30-16-24-52(63(55)61)54(42)38-44)67(58-27-13-10-21-47(58)41-17-5-3-6-18-41)59-28-15-25-53-50-23-11-14-29-60(50)69-64(53)59/h3-40H,1-2H3. The number of hydrogen-bond donors (Lipinski definition) is 0. The highest BCUT2D eigenvalue weighted by atomic mass is 16.5. The first-order valence-corrected chi connectivity index (χ1v) is 23.7. The summed E-state index contributed by atoms with van der Waals surface area (Å²) in [6, 6.07) is 82.9. The highest BCUT2D eigenvalue weighted by molar-refractivity contribution is 6.18. The first-order chi connectivity index (χ1) is 34.0. The minimum absolute atomic E-state index is 0.116. The lowest BCUT2D eigenvalue weighted by Gasteiger charge is -2.30. The largest absolute Gasteiger partial charge is 0.456 e. The van der Waals surface area contributed by atoms with Gasteiger partial charge in [0.15, 0.2) is 5.58 Å². The molecule has 0 radical (unpaired) electrons. The predicted molar refractivity (Wildman–Crippen MR) is 287 cm³/mol. The molecule has 0 bridgehead atoms. The van der Waals surface area contributed by atoms with Crippen LogP contribution in [0.1, 0.15) is 25.0 Å². The zero-order valence-corrected chi connectivity index (χ0v) is 38.2. The number of furan rings is 1. The molecule has 1 aliphatic carbocycles. The number of ether oxygens (including phenoxy) is 1. The van der Waals surface area contributed by atoms with Gasteiger partial charge in [0, 0.05) is 55.8 Å². The van der Waals surface area contributed by atoms with Crippen molar-refractivity contribution in [3.63, 3.8) is 0 Å². The van der Waals surface area contributed by atoms with Gasteiger partial charge in [-0.05, 0) is 128 Å². The molecular weight excluding hydrogens is 841 g/mol. The maximum absolute atomic E-state index is 7.06. The molecule has 0 saturated heterocycles. The van der Waals surface area contributed by atoms with Crippen molar-refractivity contribution in [2.75, 3.05) is 9.80 Å². The second-order valence-electron chi connectivity index (χ2n) is 18.8. The Morgan fingerprint density at radius 3 is 1.87 bits per heavy atom. The first kappa shape index (κ1) is 39.3. The zero-order chi connectivity index (χ0) is 45.8. The predicted octanol–water partition coefficient (Wildman–Crippen LogP) is 18.6. The van der Waals surface area contributed by atoms with Crippen molar-refractivity contribution in [2.45, 2.75) is 19.3 Å². The van der Waals surface area contributed by atoms with Crippen LogP contribution in [0.3, 0.4) is 0 Å². The Morgan fingerprint density at radius 2 is 1.00 bits per heavy atom. The molecule has 0 atom stereocenters. The molecule has 12 aromatic rings. The number of para-hydroxylation sites is 4. The molecule has 0 N–H and O–H groups in total. The lowest BCUT2D eigenvalue weighted by molar-refractivity contribution is 0.487. The summed E-state index contributed by atoms with van der Waals surface area (Å²) in [5, 5.41) is 6.78. The summed E-state index contributed by atoms with van der Waals surface area (Å²) in [4.78, 5) is 4.73. The Bertz CT molecular complexity index is 4040. The third kappa shape index (κ3) is 6.02. The molecule has 1 aliphatic heterocycles. The fourth-order valence-electron chi connectivity index (χ4n) is 11.4. The molecule has 0 unspecified atom stereocenters. The highest BCUT2D eigenvalue weighted by Crippen LogP contribution is 2.54. The van der Waals surface area contributed by atoms with Crippen LogP contribution in [0.25, 0.3) is 76.9 Å². The summed E-state index contributed by atoms with van der Waals surface area (Å²) in [7, 11) is 0. The maximum atomic E-state index is 7.06. The van der Waals surface area contributed by atoms with Gasteiger partial charge in [0.1, 0.15) is 17.1 Å². The van der Waals surface area contributed by atoms with Crippen molar-refractivity contribution in [3.05, 3.63) is 242 Å². The number of hydrogen-bond acceptors (Lipinski definition) is 4. The van der Waals surface area contributed by atoms with Gasteiger partial charge in [-0.2, -0.15) is 0 Å². The van der Waals surface area contributed by atoms with E-state index in [-0.39, 0.29) is 5.41 Å². The quantitative estimate of drug-likeness (QED) is 0.149. The first-order valence-electron chi connectivity index (χ1n) is 23.7. The summed E-state index contributed by atoms with van der Waals surface area (Å²) in [5.41, 5.74) is 17.7. The minimum Gasteiger partial charge on any atom is -0.456 e. The van der Waals surface area contributed by atoms with E-state index in [1.807, 2.05) is 12.1 Å². The molecular formula is C65H44N2O2. The normalized spacial score (nSPS) is 13.0. The summed E-state index contributed by atoms with van der Waals surface area (Å²) in [6.45, 7) is 4.70. The Morgan fingerprint density at radius 1 is 0.362 bits per heavy atom. The number of nitrogens with zero attached hydrogens (tertiary/aromatic N) is 2. The van der Waals surface area contributed by atoms with Gasteiger partial charge in [-0.3, -0.25) is 0 Å². The molecule has 0 saturated carbocycles. The summed E-state index contributed by atoms with van der Waals surface area (Å²) in [6.07, 6.45) is 0. The fourth-order valence-corrected chi connectivity index (χ4v) is 11.4. The van der Waals surface area contributed by atoms with Gasteiger partial charge in [0.25, 0.3) is 0 Å². The molecule has 11 aromatic carbocycles. The van der Waals surface area contributed by atoms with Crippen LogP contribution in [-0.2, 0) is 5.41 Å². The van der Waals surface area contributed by atoms with E-state index in [0.29, 0.717) is 0 Å². The van der Waals surface area contributed by atoms with Gasteiger partial charge in [0.2, 0.25) is 0 Å². The van der Waals surface area contributed by atoms with Crippen molar-refractivity contribution in [1.29, 1.82) is 0 Å². The summed E-state index contributed by atoms with van der Waals surface area (Å²) < 4.78 is 13.8. The molecule has 69 heavy (non-hydrogen) atoms. The number of fused-ring (bicyclic) bond motifs is 10. The molecule has 2 heterocycles. The molecule has 0 amide bonds. The van der Waals surface area contributed by atoms with Crippen LogP contribution in [0.2, 0.25) is 0 Å². The van der Waals surface area contributed by atoms with Crippen LogP contribution in [0, 0.1) is 0 Å². The Hall–Kier alpha value is -8.86. The van der Waals surface area contributed by atoms with Crippen molar-refractivity contribution in [3.8, 4) is 44.9 Å². The molecule has 1 aromatic heterocycles. The van der Waals surface area contributed by atoms with Crippen LogP contribution >= 0.6 is 0 Å². The van der Waals surface area contributed by atoms with Gasteiger partial charge in [0.05, 0.1) is 17.1 Å². The van der Waals surface area contributed by atoms with Crippen LogP contribution < -0.4 is 14.5 Å². The van der Waals surface area contributed by atoms with Gasteiger partial charge >= 0.3 is 0 Å². The molecule has 0 fully saturated rings. The van der Waals surface area contributed by atoms with Crippen LogP contribution in [0.5, 0.6) is 11.5 Å². The molecule has 14 rings (SSSR count). The van der Waals surface area contributed by atoms with E-state index < -0.39 is 0 Å². The molecule has 2 aliphatic rings. The number of anilines is 6. The van der Waals surface area contributed by atoms with E-state index in [9.17, 15) is 0 Å². The van der Waals surface area contributed by atoms with Gasteiger partial charge in [-0.25, -0.2) is 0 Å². The van der Waals surface area contributed by atoms with Crippen molar-refractivity contribution in [2.24, 2.45) is 0 Å². The van der Waals surface area contributed by atoms with E-state index in [0.717, 1.165) is 101 Å². The molecule has 4 nitrogen and oxygen atoms in total. The smallest absolute Gasteiger partial charge is 0.159 e. The van der Waals surface area contributed by atoms with Crippen LogP contribution in [-0.4, -0.2) is 0 Å². The second-order valence-corrected chi connectivity index (χ2v) is 18.8. The minimum atomic E-state index is -0.116. The molecule has 326 valence electrons. The number of rotatable bonds is 7. The van der Waals surface area contributed by atoms with Crippen molar-refractivity contribution >= 4 is 77.6 Å². The van der Waals surface area contributed by atoms with E-state index in [1.165, 1.54) is 33.0 Å². The van der Waals surface area contributed by atoms with Gasteiger partial charge in [-0.1, -0.05) is 159 Å². The third-order valence-electron chi connectivity index (χ3n) is 14.6. The maximum Gasteiger partial charge on any atom is 0.159 e. The fraction of sp³-hybridized carbons (Fsp3) is 0.0462. The Kier molecular flexibility index (Phi) is 8.59. The second kappa shape index (κ2) is 15.1. The average Bonchev–Trinajstić information content (AvgIpc) is 3.89.